The Morgan fingerprint density at radius 1 is 1.16 bits per heavy atom. The largest absolute Gasteiger partial charge is 0.453 e. The van der Waals surface area contributed by atoms with Crippen LogP contribution >= 0.6 is 11.6 Å². The van der Waals surface area contributed by atoms with E-state index in [2.05, 4.69) is 0 Å². The molecular weight excluding hydrogens is 265 g/mol. The zero-order chi connectivity index (χ0) is 14.0. The summed E-state index contributed by atoms with van der Waals surface area (Å²) in [6.45, 7) is 3.71. The predicted molar refractivity (Wildman–Crippen MR) is 75.3 cm³/mol. The van der Waals surface area contributed by atoms with Crippen LogP contribution in [0.4, 0.5) is 4.39 Å². The van der Waals surface area contributed by atoms with Crippen LogP contribution in [0.15, 0.2) is 36.4 Å². The Morgan fingerprint density at radius 2 is 1.89 bits per heavy atom. The fraction of sp³-hybridized carbons (Fsp3) is 0.200. The van der Waals surface area contributed by atoms with E-state index in [1.54, 1.807) is 31.2 Å². The number of rotatable bonds is 3. The Morgan fingerprint density at radius 3 is 2.53 bits per heavy atom. The van der Waals surface area contributed by atoms with Crippen LogP contribution in [0.1, 0.15) is 24.1 Å². The highest BCUT2D eigenvalue weighted by Gasteiger charge is 2.10. The van der Waals surface area contributed by atoms with Crippen molar-refractivity contribution in [2.24, 2.45) is 5.73 Å². The summed E-state index contributed by atoms with van der Waals surface area (Å²) in [5.41, 5.74) is 7.42. The highest BCUT2D eigenvalue weighted by molar-refractivity contribution is 6.32. The van der Waals surface area contributed by atoms with Crippen LogP contribution in [0.3, 0.4) is 0 Å². The number of hydrogen-bond acceptors (Lipinski definition) is 2. The lowest BCUT2D eigenvalue weighted by atomic mass is 10.1. The van der Waals surface area contributed by atoms with Gasteiger partial charge in [0.2, 0.25) is 0 Å². The minimum atomic E-state index is -0.452. The molecule has 0 aliphatic carbocycles. The van der Waals surface area contributed by atoms with E-state index in [9.17, 15) is 4.39 Å². The number of halogens is 2. The zero-order valence-electron chi connectivity index (χ0n) is 10.8. The topological polar surface area (TPSA) is 35.2 Å². The lowest BCUT2D eigenvalue weighted by Crippen LogP contribution is -2.05. The molecule has 0 heterocycles. The monoisotopic (exact) mass is 279 g/mol. The quantitative estimate of drug-likeness (QED) is 0.891. The highest BCUT2D eigenvalue weighted by Crippen LogP contribution is 2.32. The number of aryl methyl sites for hydroxylation is 1. The van der Waals surface area contributed by atoms with Crippen molar-refractivity contribution in [3.63, 3.8) is 0 Å². The molecule has 2 aromatic rings. The average Bonchev–Trinajstić information content (AvgIpc) is 2.36. The first-order chi connectivity index (χ1) is 8.97. The highest BCUT2D eigenvalue weighted by atomic mass is 35.5. The van der Waals surface area contributed by atoms with E-state index >= 15 is 0 Å². The first-order valence-electron chi connectivity index (χ1n) is 5.96. The maximum absolute atomic E-state index is 13.9. The Labute approximate surface area is 117 Å². The van der Waals surface area contributed by atoms with Crippen molar-refractivity contribution < 1.29 is 9.13 Å². The first-order valence-corrected chi connectivity index (χ1v) is 6.34. The number of ether oxygens (including phenoxy) is 1. The van der Waals surface area contributed by atoms with Crippen LogP contribution in [0.25, 0.3) is 0 Å². The average molecular weight is 280 g/mol. The van der Waals surface area contributed by atoms with Gasteiger partial charge < -0.3 is 10.5 Å². The molecular formula is C15H15ClFNO. The van der Waals surface area contributed by atoms with E-state index in [1.807, 2.05) is 13.0 Å². The number of benzene rings is 2. The summed E-state index contributed by atoms with van der Waals surface area (Å²) in [7, 11) is 0. The standard InChI is InChI=1S/C15H15ClFNO/c1-9-3-5-12(16)15(7-9)19-14-6-4-11(10(2)18)8-13(14)17/h3-8,10H,18H2,1-2H3. The van der Waals surface area contributed by atoms with E-state index in [-0.39, 0.29) is 11.8 Å². The molecule has 0 aliphatic rings. The van der Waals surface area contributed by atoms with Crippen molar-refractivity contribution >= 4 is 11.6 Å². The number of nitrogens with two attached hydrogens (primary N) is 1. The van der Waals surface area contributed by atoms with Gasteiger partial charge in [0.15, 0.2) is 11.6 Å². The van der Waals surface area contributed by atoms with Crippen LogP contribution in [-0.2, 0) is 0 Å². The van der Waals surface area contributed by atoms with Gasteiger partial charge in [-0.25, -0.2) is 4.39 Å². The molecule has 2 nitrogen and oxygen atoms in total. The van der Waals surface area contributed by atoms with Crippen molar-refractivity contribution in [2.75, 3.05) is 0 Å². The van der Waals surface area contributed by atoms with E-state index in [0.717, 1.165) is 11.1 Å². The van der Waals surface area contributed by atoms with E-state index in [4.69, 9.17) is 22.1 Å². The van der Waals surface area contributed by atoms with Gasteiger partial charge in [-0.3, -0.25) is 0 Å². The summed E-state index contributed by atoms with van der Waals surface area (Å²) in [6.07, 6.45) is 0. The summed E-state index contributed by atoms with van der Waals surface area (Å²) < 4.78 is 19.4. The molecule has 0 aliphatic heterocycles. The molecule has 0 bridgehead atoms. The van der Waals surface area contributed by atoms with Crippen molar-refractivity contribution in [1.29, 1.82) is 0 Å². The molecule has 0 fully saturated rings. The molecule has 0 saturated carbocycles. The maximum atomic E-state index is 13.9. The molecule has 2 N–H and O–H groups in total. The molecule has 4 heteroatoms. The van der Waals surface area contributed by atoms with Crippen molar-refractivity contribution in [2.45, 2.75) is 19.9 Å². The van der Waals surface area contributed by atoms with Gasteiger partial charge in [-0.2, -0.15) is 0 Å². The molecule has 100 valence electrons. The van der Waals surface area contributed by atoms with Gasteiger partial charge in [0.1, 0.15) is 5.75 Å². The van der Waals surface area contributed by atoms with Crippen LogP contribution in [-0.4, -0.2) is 0 Å². The van der Waals surface area contributed by atoms with Gasteiger partial charge >= 0.3 is 0 Å². The second-order valence-electron chi connectivity index (χ2n) is 4.51. The molecule has 0 aromatic heterocycles. The van der Waals surface area contributed by atoms with Crippen LogP contribution in [0.5, 0.6) is 11.5 Å². The molecule has 0 radical (unpaired) electrons. The second-order valence-corrected chi connectivity index (χ2v) is 4.92. The third-order valence-corrected chi connectivity index (χ3v) is 3.10. The summed E-state index contributed by atoms with van der Waals surface area (Å²) in [5, 5.41) is 0.446. The Kier molecular flexibility index (Phi) is 4.08. The Hall–Kier alpha value is -1.58. The predicted octanol–water partition coefficient (Wildman–Crippen LogP) is 4.60. The normalized spacial score (nSPS) is 12.3. The molecule has 19 heavy (non-hydrogen) atoms. The smallest absolute Gasteiger partial charge is 0.166 e. The fourth-order valence-corrected chi connectivity index (χ4v) is 1.85. The van der Waals surface area contributed by atoms with Gasteiger partial charge in [0.05, 0.1) is 5.02 Å². The second kappa shape index (κ2) is 5.59. The fourth-order valence-electron chi connectivity index (χ4n) is 1.69. The van der Waals surface area contributed by atoms with Gasteiger partial charge in [0, 0.05) is 6.04 Å². The third kappa shape index (κ3) is 3.25. The maximum Gasteiger partial charge on any atom is 0.166 e. The van der Waals surface area contributed by atoms with Crippen LogP contribution < -0.4 is 10.5 Å². The molecule has 2 rings (SSSR count). The minimum absolute atomic E-state index is 0.136. The summed E-state index contributed by atoms with van der Waals surface area (Å²) >= 11 is 6.01. The van der Waals surface area contributed by atoms with Crippen LogP contribution in [0.2, 0.25) is 5.02 Å². The Balaban J connectivity index is 2.31. The molecule has 2 aromatic carbocycles. The first kappa shape index (κ1) is 13.8. The summed E-state index contributed by atoms with van der Waals surface area (Å²) in [5.74, 6) is 0.124. The SMILES string of the molecule is Cc1ccc(Cl)c(Oc2ccc(C(C)N)cc2F)c1. The summed E-state index contributed by atoms with van der Waals surface area (Å²) in [6, 6.07) is 9.82. The molecule has 1 unspecified atom stereocenters. The lowest BCUT2D eigenvalue weighted by Gasteiger charge is -2.11. The van der Waals surface area contributed by atoms with E-state index in [1.165, 1.54) is 6.07 Å². The third-order valence-electron chi connectivity index (χ3n) is 2.79. The zero-order valence-corrected chi connectivity index (χ0v) is 11.5. The van der Waals surface area contributed by atoms with Gasteiger partial charge in [-0.15, -0.1) is 0 Å². The van der Waals surface area contributed by atoms with Gasteiger partial charge in [-0.1, -0.05) is 23.7 Å². The number of hydrogen-bond donors (Lipinski definition) is 1. The van der Waals surface area contributed by atoms with Crippen molar-refractivity contribution in [3.05, 3.63) is 58.4 Å². The molecule has 0 spiro atoms. The molecule has 1 atom stereocenters. The van der Waals surface area contributed by atoms with Crippen LogP contribution in [0, 0.1) is 12.7 Å². The van der Waals surface area contributed by atoms with Crippen molar-refractivity contribution in [3.8, 4) is 11.5 Å². The van der Waals surface area contributed by atoms with Crippen molar-refractivity contribution in [1.82, 2.24) is 0 Å². The summed E-state index contributed by atoms with van der Waals surface area (Å²) in [4.78, 5) is 0. The molecule has 0 amide bonds. The minimum Gasteiger partial charge on any atom is -0.453 e. The van der Waals surface area contributed by atoms with Gasteiger partial charge in [0.25, 0.3) is 0 Å². The van der Waals surface area contributed by atoms with Gasteiger partial charge in [-0.05, 0) is 49.2 Å². The Bertz CT molecular complexity index is 599. The lowest BCUT2D eigenvalue weighted by molar-refractivity contribution is 0.441. The van der Waals surface area contributed by atoms with E-state index in [0.29, 0.717) is 10.8 Å². The molecule has 0 saturated heterocycles. The van der Waals surface area contributed by atoms with E-state index < -0.39 is 5.82 Å².